The van der Waals surface area contributed by atoms with Crippen molar-refractivity contribution in [3.05, 3.63) is 48.0 Å². The topological polar surface area (TPSA) is 41.3 Å². The molecule has 0 saturated heterocycles. The Kier molecular flexibility index (Phi) is 4.80. The first kappa shape index (κ1) is 15.7. The van der Waals surface area contributed by atoms with E-state index < -0.39 is 5.60 Å². The number of aromatic nitrogens is 2. The zero-order valence-electron chi connectivity index (χ0n) is 13.4. The summed E-state index contributed by atoms with van der Waals surface area (Å²) in [4.78, 5) is 6.68. The Morgan fingerprint density at radius 3 is 2.48 bits per heavy atom. The fraction of sp³-hybridized carbons (Fsp3) is 0.471. The molecule has 0 fully saturated rings. The van der Waals surface area contributed by atoms with Crippen molar-refractivity contribution in [1.29, 1.82) is 0 Å². The summed E-state index contributed by atoms with van der Waals surface area (Å²) in [7, 11) is 0. The average Bonchev–Trinajstić information content (AvgIpc) is 2.78. The van der Waals surface area contributed by atoms with E-state index in [0.29, 0.717) is 6.54 Å². The van der Waals surface area contributed by atoms with Crippen LogP contribution in [0.25, 0.3) is 5.69 Å². The van der Waals surface area contributed by atoms with Gasteiger partial charge in [0.05, 0.1) is 17.5 Å². The van der Waals surface area contributed by atoms with Crippen molar-refractivity contribution in [3.8, 4) is 5.69 Å². The summed E-state index contributed by atoms with van der Waals surface area (Å²) in [5.74, 6) is 0.982. The maximum absolute atomic E-state index is 10.0. The van der Waals surface area contributed by atoms with Gasteiger partial charge in [-0.2, -0.15) is 0 Å². The largest absolute Gasteiger partial charge is 0.389 e. The molecule has 0 atom stereocenters. The summed E-state index contributed by atoms with van der Waals surface area (Å²) in [6.45, 7) is 10.1. The summed E-state index contributed by atoms with van der Waals surface area (Å²) in [5.41, 5.74) is 1.58. The molecule has 4 heteroatoms. The highest BCUT2D eigenvalue weighted by atomic mass is 16.3. The predicted octanol–water partition coefficient (Wildman–Crippen LogP) is 2.77. The van der Waals surface area contributed by atoms with Crippen LogP contribution in [0.2, 0.25) is 0 Å². The molecule has 2 aromatic rings. The minimum absolute atomic E-state index is 0.641. The molecule has 1 aromatic carbocycles. The quantitative estimate of drug-likeness (QED) is 0.888. The van der Waals surface area contributed by atoms with Gasteiger partial charge in [0.2, 0.25) is 0 Å². The molecule has 0 saturated carbocycles. The molecule has 0 amide bonds. The van der Waals surface area contributed by atoms with Crippen molar-refractivity contribution in [1.82, 2.24) is 14.5 Å². The molecule has 1 aromatic heterocycles. The molecule has 114 valence electrons. The molecule has 21 heavy (non-hydrogen) atoms. The highest BCUT2D eigenvalue weighted by Gasteiger charge is 2.19. The van der Waals surface area contributed by atoms with E-state index in [1.165, 1.54) is 0 Å². The zero-order chi connectivity index (χ0) is 15.5. The van der Waals surface area contributed by atoms with Gasteiger partial charge < -0.3 is 5.11 Å². The van der Waals surface area contributed by atoms with Crippen LogP contribution in [-0.4, -0.2) is 38.2 Å². The second kappa shape index (κ2) is 6.41. The number of para-hydroxylation sites is 1. The van der Waals surface area contributed by atoms with Gasteiger partial charge in [-0.3, -0.25) is 9.47 Å². The van der Waals surface area contributed by atoms with E-state index >= 15 is 0 Å². The number of likely N-dealkylation sites (N-methyl/N-ethyl adjacent to an activating group) is 1. The van der Waals surface area contributed by atoms with Crippen LogP contribution in [0, 0.1) is 6.92 Å². The molecule has 0 aliphatic rings. The van der Waals surface area contributed by atoms with Gasteiger partial charge in [-0.15, -0.1) is 0 Å². The summed E-state index contributed by atoms with van der Waals surface area (Å²) in [6, 6.07) is 10.3. The Morgan fingerprint density at radius 2 is 1.90 bits per heavy atom. The number of nitrogens with zero attached hydrogens (tertiary/aromatic N) is 3. The molecular formula is C17H25N3O. The van der Waals surface area contributed by atoms with Crippen LogP contribution < -0.4 is 0 Å². The minimum atomic E-state index is -0.692. The highest BCUT2D eigenvalue weighted by Crippen LogP contribution is 2.17. The van der Waals surface area contributed by atoms with Crippen molar-refractivity contribution in [3.63, 3.8) is 0 Å². The molecule has 0 aliphatic carbocycles. The van der Waals surface area contributed by atoms with E-state index in [1.54, 1.807) is 0 Å². The van der Waals surface area contributed by atoms with Gasteiger partial charge in [0.25, 0.3) is 0 Å². The van der Waals surface area contributed by atoms with Gasteiger partial charge >= 0.3 is 0 Å². The SMILES string of the molecule is CCN(Cc1cnc(C)n1-c1ccccc1)CC(C)(C)O. The third-order valence-electron chi connectivity index (χ3n) is 3.47. The lowest BCUT2D eigenvalue weighted by Gasteiger charge is -2.28. The van der Waals surface area contributed by atoms with Crippen molar-refractivity contribution in [2.24, 2.45) is 0 Å². The van der Waals surface area contributed by atoms with Crippen LogP contribution in [0.5, 0.6) is 0 Å². The van der Waals surface area contributed by atoms with E-state index in [2.05, 4.69) is 33.5 Å². The molecule has 0 radical (unpaired) electrons. The Hall–Kier alpha value is -1.65. The molecule has 0 unspecified atom stereocenters. The van der Waals surface area contributed by atoms with Crippen molar-refractivity contribution < 1.29 is 5.11 Å². The molecule has 1 heterocycles. The Bertz CT molecular complexity index is 569. The van der Waals surface area contributed by atoms with E-state index in [1.807, 2.05) is 45.2 Å². The zero-order valence-corrected chi connectivity index (χ0v) is 13.4. The predicted molar refractivity (Wildman–Crippen MR) is 85.5 cm³/mol. The lowest BCUT2D eigenvalue weighted by atomic mass is 10.1. The van der Waals surface area contributed by atoms with Gasteiger partial charge in [0.15, 0.2) is 0 Å². The first-order valence-corrected chi connectivity index (χ1v) is 7.44. The van der Waals surface area contributed by atoms with Crippen LogP contribution in [-0.2, 0) is 6.54 Å². The monoisotopic (exact) mass is 287 g/mol. The third-order valence-corrected chi connectivity index (χ3v) is 3.47. The fourth-order valence-electron chi connectivity index (χ4n) is 2.59. The first-order chi connectivity index (χ1) is 9.90. The van der Waals surface area contributed by atoms with Crippen molar-refractivity contribution in [2.75, 3.05) is 13.1 Å². The van der Waals surface area contributed by atoms with E-state index in [0.717, 1.165) is 30.3 Å². The Balaban J connectivity index is 2.25. The number of aliphatic hydroxyl groups is 1. The van der Waals surface area contributed by atoms with Gasteiger partial charge in [0, 0.05) is 18.8 Å². The van der Waals surface area contributed by atoms with Crippen molar-refractivity contribution in [2.45, 2.75) is 39.8 Å². The second-order valence-electron chi connectivity index (χ2n) is 6.08. The lowest BCUT2D eigenvalue weighted by Crippen LogP contribution is -2.38. The molecule has 4 nitrogen and oxygen atoms in total. The molecule has 2 rings (SSSR count). The van der Waals surface area contributed by atoms with E-state index in [-0.39, 0.29) is 0 Å². The molecule has 0 aliphatic heterocycles. The number of rotatable bonds is 6. The third kappa shape index (κ3) is 4.16. The number of hydrogen-bond donors (Lipinski definition) is 1. The minimum Gasteiger partial charge on any atom is -0.389 e. The first-order valence-electron chi connectivity index (χ1n) is 7.44. The fourth-order valence-corrected chi connectivity index (χ4v) is 2.59. The molecule has 0 bridgehead atoms. The second-order valence-corrected chi connectivity index (χ2v) is 6.08. The maximum Gasteiger partial charge on any atom is 0.110 e. The normalized spacial score (nSPS) is 12.1. The summed E-state index contributed by atoms with van der Waals surface area (Å²) in [6.07, 6.45) is 1.93. The number of benzene rings is 1. The average molecular weight is 287 g/mol. The van der Waals surface area contributed by atoms with Crippen molar-refractivity contribution >= 4 is 0 Å². The molecule has 1 N–H and O–H groups in total. The number of aryl methyl sites for hydroxylation is 1. The Morgan fingerprint density at radius 1 is 1.24 bits per heavy atom. The maximum atomic E-state index is 10.0. The Labute approximate surface area is 127 Å². The highest BCUT2D eigenvalue weighted by molar-refractivity contribution is 5.35. The van der Waals surface area contributed by atoms with E-state index in [4.69, 9.17) is 0 Å². The van der Waals surface area contributed by atoms with Crippen LogP contribution >= 0.6 is 0 Å². The van der Waals surface area contributed by atoms with Crippen LogP contribution in [0.15, 0.2) is 36.5 Å². The van der Waals surface area contributed by atoms with Crippen LogP contribution in [0.3, 0.4) is 0 Å². The number of hydrogen-bond acceptors (Lipinski definition) is 3. The smallest absolute Gasteiger partial charge is 0.110 e. The van der Waals surface area contributed by atoms with Gasteiger partial charge in [-0.05, 0) is 39.4 Å². The summed E-state index contributed by atoms with van der Waals surface area (Å²) >= 11 is 0. The van der Waals surface area contributed by atoms with E-state index in [9.17, 15) is 5.11 Å². The lowest BCUT2D eigenvalue weighted by molar-refractivity contribution is 0.0348. The van der Waals surface area contributed by atoms with Gasteiger partial charge in [-0.1, -0.05) is 25.1 Å². The summed E-state index contributed by atoms with van der Waals surface area (Å²) < 4.78 is 2.17. The van der Waals surface area contributed by atoms with Crippen LogP contribution in [0.4, 0.5) is 0 Å². The van der Waals surface area contributed by atoms with Crippen LogP contribution in [0.1, 0.15) is 32.3 Å². The molecule has 0 spiro atoms. The standard InChI is InChI=1S/C17H25N3O/c1-5-19(13-17(3,4)21)12-16-11-18-14(2)20(16)15-9-7-6-8-10-15/h6-11,21H,5,12-13H2,1-4H3. The van der Waals surface area contributed by atoms with Gasteiger partial charge in [-0.25, -0.2) is 4.98 Å². The molecular weight excluding hydrogens is 262 g/mol. The van der Waals surface area contributed by atoms with Gasteiger partial charge in [0.1, 0.15) is 5.82 Å². The summed E-state index contributed by atoms with van der Waals surface area (Å²) in [5, 5.41) is 10.0. The number of imidazole rings is 1.